The molecule has 0 bridgehead atoms. The number of halogens is 7. The predicted molar refractivity (Wildman–Crippen MR) is 416 cm³/mol. The summed E-state index contributed by atoms with van der Waals surface area (Å²) in [7, 11) is 0. The number of carboxylic acids is 1. The SMILES string of the molecule is C.C.C.CC(C)OC(=O)Cl.CCOC(=O)C1CCC(n2cc3cc(NC(=O)c4cccc(C)n4)c(C(F)F)cc3n2)CC1.Cc1cccc(C(=O)Nc2cc3cn(C4CCC(C(=O)O)CC4)nc3cc2C(F)F)n1.Cc1cccc(C(=O)Nc2cc3cn(C4CCC(C(=O)OC(=O)OC(C)C)CC4)nc3cc2C(F)F)n1.[B].[H-].[Li+].[Li+].[OH-]. The molecular weight excluding hydrogens is 1520 g/mol. The molecule has 6 heterocycles. The van der Waals surface area contributed by atoms with Crippen LogP contribution < -0.4 is 53.7 Å². The van der Waals surface area contributed by atoms with Crippen molar-refractivity contribution >= 4 is 117 Å². The second-order valence-corrected chi connectivity index (χ2v) is 27.2. The van der Waals surface area contributed by atoms with Crippen molar-refractivity contribution < 1.29 is 133 Å². The Bertz CT molecular complexity index is 4750. The van der Waals surface area contributed by atoms with Gasteiger partial charge in [-0.1, -0.05) is 40.5 Å². The van der Waals surface area contributed by atoms with E-state index >= 15 is 0 Å². The number of fused-ring (bicyclic) bond motifs is 3. The summed E-state index contributed by atoms with van der Waals surface area (Å²) in [6.07, 6.45) is 2.94. The molecule has 3 saturated carbocycles. The molecule has 26 nitrogen and oxygen atoms in total. The van der Waals surface area contributed by atoms with Crippen LogP contribution in [0.1, 0.15) is 238 Å². The van der Waals surface area contributed by atoms with Crippen molar-refractivity contribution in [1.29, 1.82) is 0 Å². The number of esters is 2. The van der Waals surface area contributed by atoms with Crippen molar-refractivity contribution in [3.05, 3.63) is 160 Å². The van der Waals surface area contributed by atoms with Gasteiger partial charge in [0.25, 0.3) is 37.0 Å². The van der Waals surface area contributed by atoms with Crippen molar-refractivity contribution in [3.8, 4) is 0 Å². The maximum atomic E-state index is 13.8. The number of carbonyl (C=O) groups excluding carboxylic acids is 7. The summed E-state index contributed by atoms with van der Waals surface area (Å²) in [6, 6.07) is 23.3. The molecular formula is C79H97BClF6Li2N12O14. The number of amides is 3. The Morgan fingerprint density at radius 2 is 0.783 bits per heavy atom. The topological polar surface area (TPSA) is 352 Å². The van der Waals surface area contributed by atoms with E-state index in [1.54, 1.807) is 124 Å². The van der Waals surface area contributed by atoms with E-state index in [0.717, 1.165) is 12.8 Å². The van der Waals surface area contributed by atoms with Gasteiger partial charge in [-0.05, 0) is 205 Å². The number of nitrogens with one attached hydrogen (secondary N) is 3. The zero-order chi connectivity index (χ0) is 78.2. The van der Waals surface area contributed by atoms with E-state index in [0.29, 0.717) is 121 Å². The Morgan fingerprint density at radius 3 is 1.03 bits per heavy atom. The molecule has 3 aliphatic rings. The number of carboxylic acid groups (broad SMARTS) is 1. The van der Waals surface area contributed by atoms with Crippen LogP contribution in [0, 0.1) is 38.5 Å². The van der Waals surface area contributed by atoms with Gasteiger partial charge in [0, 0.05) is 88.5 Å². The third kappa shape index (κ3) is 28.1. The first kappa shape index (κ1) is 101. The van der Waals surface area contributed by atoms with Crippen molar-refractivity contribution in [2.45, 2.75) is 204 Å². The minimum absolute atomic E-state index is 0. The number of hydrogen-bond acceptors (Lipinski definition) is 19. The number of nitrogens with zero attached hydrogens (tertiary/aromatic N) is 9. The van der Waals surface area contributed by atoms with Gasteiger partial charge in [-0.3, -0.25) is 42.8 Å². The molecule has 611 valence electrons. The quantitative estimate of drug-likeness (QED) is 0.0155. The zero-order valence-corrected chi connectivity index (χ0v) is 64.2. The van der Waals surface area contributed by atoms with E-state index in [1.807, 2.05) is 0 Å². The molecule has 0 saturated heterocycles. The van der Waals surface area contributed by atoms with Gasteiger partial charge >= 0.3 is 67.2 Å². The molecule has 0 spiro atoms. The van der Waals surface area contributed by atoms with Crippen molar-refractivity contribution in [2.24, 2.45) is 17.8 Å². The van der Waals surface area contributed by atoms with Crippen LogP contribution in [0.3, 0.4) is 0 Å². The number of benzene rings is 3. The van der Waals surface area contributed by atoms with Crippen molar-refractivity contribution in [1.82, 2.24) is 44.3 Å². The Morgan fingerprint density at radius 1 is 0.487 bits per heavy atom. The van der Waals surface area contributed by atoms with Gasteiger partial charge < -0.3 is 46.9 Å². The molecule has 3 aliphatic carbocycles. The number of aromatic nitrogens is 9. The molecule has 3 fully saturated rings. The first-order chi connectivity index (χ1) is 51.4. The summed E-state index contributed by atoms with van der Waals surface area (Å²) in [4.78, 5) is 107. The minimum atomic E-state index is -2.82. The average molecular weight is 1610 g/mol. The van der Waals surface area contributed by atoms with Crippen LogP contribution in [0.5, 0.6) is 0 Å². The number of aliphatic carboxylic acids is 1. The van der Waals surface area contributed by atoms with Crippen molar-refractivity contribution in [2.75, 3.05) is 22.6 Å². The van der Waals surface area contributed by atoms with Gasteiger partial charge in [0.15, 0.2) is 0 Å². The summed E-state index contributed by atoms with van der Waals surface area (Å²) < 4.78 is 107. The fourth-order valence-corrected chi connectivity index (χ4v) is 13.1. The van der Waals surface area contributed by atoms with Crippen LogP contribution in [-0.4, -0.2) is 129 Å². The number of hydrogen-bond donors (Lipinski definition) is 4. The first-order valence-electron chi connectivity index (χ1n) is 35.3. The molecule has 0 atom stereocenters. The number of carbonyl (C=O) groups is 8. The number of ether oxygens (including phenoxy) is 4. The number of anilines is 3. The van der Waals surface area contributed by atoms with E-state index in [2.05, 4.69) is 50.9 Å². The molecule has 6 aromatic heterocycles. The van der Waals surface area contributed by atoms with Gasteiger partial charge in [0.1, 0.15) is 17.1 Å². The largest absolute Gasteiger partial charge is 1.00 e. The van der Waals surface area contributed by atoms with E-state index in [9.17, 15) is 64.7 Å². The number of pyridine rings is 3. The molecule has 12 rings (SSSR count). The maximum Gasteiger partial charge on any atom is 1.00 e. The molecule has 36 heteroatoms. The number of alkyl halides is 6. The van der Waals surface area contributed by atoms with Crippen molar-refractivity contribution in [3.63, 3.8) is 0 Å². The van der Waals surface area contributed by atoms with E-state index in [-0.39, 0.29) is 174 Å². The normalized spacial score (nSPS) is 16.7. The Balaban J connectivity index is 0.000000809. The monoisotopic (exact) mass is 1610 g/mol. The van der Waals surface area contributed by atoms with Gasteiger partial charge in [-0.15, -0.1) is 0 Å². The van der Waals surface area contributed by atoms with Gasteiger partial charge in [-0.2, -0.15) is 15.3 Å². The second kappa shape index (κ2) is 46.8. The fourth-order valence-electron chi connectivity index (χ4n) is 12.9. The summed E-state index contributed by atoms with van der Waals surface area (Å²) in [5.41, 5.74) is 1.96. The minimum Gasteiger partial charge on any atom is -1.00 e. The second-order valence-electron chi connectivity index (χ2n) is 26.9. The Hall–Kier alpha value is -9.63. The van der Waals surface area contributed by atoms with Crippen LogP contribution in [0.15, 0.2) is 110 Å². The van der Waals surface area contributed by atoms with Crippen LogP contribution >= 0.6 is 11.6 Å². The number of rotatable bonds is 18. The molecule has 9 aromatic rings. The summed E-state index contributed by atoms with van der Waals surface area (Å²) in [5.74, 6) is -4.13. The summed E-state index contributed by atoms with van der Waals surface area (Å²) in [6.45, 7) is 14.2. The van der Waals surface area contributed by atoms with E-state index in [4.69, 9.17) is 30.9 Å². The maximum absolute atomic E-state index is 13.8. The average Bonchev–Trinajstić information content (AvgIpc) is 1.64. The smallest absolute Gasteiger partial charge is 1.00 e. The molecule has 3 radical (unpaired) electrons. The van der Waals surface area contributed by atoms with Gasteiger partial charge in [0.05, 0.1) is 88.3 Å². The Labute approximate surface area is 695 Å². The third-order valence-corrected chi connectivity index (χ3v) is 18.3. The summed E-state index contributed by atoms with van der Waals surface area (Å²) >= 11 is 4.81. The molecule has 3 amide bonds. The molecule has 3 aromatic carbocycles. The first-order valence-corrected chi connectivity index (χ1v) is 35.6. The summed E-state index contributed by atoms with van der Waals surface area (Å²) in [5, 5.41) is 32.2. The van der Waals surface area contributed by atoms with Gasteiger partial charge in [0.2, 0.25) is 0 Å². The molecule has 0 unspecified atom stereocenters. The predicted octanol–water partition coefficient (Wildman–Crippen LogP) is 13.0. The van der Waals surface area contributed by atoms with Crippen LogP contribution in [-0.2, 0) is 33.3 Å². The Kier molecular flexibility index (Phi) is 41.3. The molecule has 5 N–H and O–H groups in total. The van der Waals surface area contributed by atoms with Crippen LogP contribution in [0.2, 0.25) is 0 Å². The van der Waals surface area contributed by atoms with Crippen LogP contribution in [0.4, 0.5) is 53.0 Å². The molecule has 0 aliphatic heterocycles. The van der Waals surface area contributed by atoms with Crippen LogP contribution in [0.25, 0.3) is 32.7 Å². The van der Waals surface area contributed by atoms with Gasteiger partial charge in [-0.25, -0.2) is 50.9 Å². The van der Waals surface area contributed by atoms with E-state index < -0.39 is 66.4 Å². The standard InChI is InChI=1S/C26H28F2N4O5.C24H26F2N4O3.C22H22F2N4O3.C4H7ClO2.3CH4.B.2Li.H2O.H/c1-14(2)36-26(35)37-25(34)16-7-9-18(10-8-16)32-13-17-11-22(19(23(27)28)12-21(17)31-32)30-24(33)20-6-4-5-15(3)29-20;1-3-33-24(32)15-7-9-17(10-8-15)30-13-16-11-21(18(22(25)26)12-20(16)29-30)28-23(31)19-6-4-5-14(2)27-19;1-12-3-2-4-17(25-12)21(29)26-19-9-14-11-28(27-18(14)10-16(19)20(23)24)15-7-5-13(6-8-15)22(30)31;1-3(2)7-4(5)6;;;;;;;;/h4-6,11-14,16,18,23H,7-10H2,1-3H3,(H,30,33);4-6,11-13,15,17,22H,3,7-10H2,1-2H3,(H,28,31);2-4,9-11,13,15,20H,5-8H2,1H3,(H,26,29)(H,30,31);3H,1-2H3;3*1H4;;;;1H2;/q;;;;;;;;2*+1;;-1/p-1. The van der Waals surface area contributed by atoms with E-state index in [1.165, 1.54) is 54.6 Å². The molecule has 115 heavy (non-hydrogen) atoms. The third-order valence-electron chi connectivity index (χ3n) is 18.3. The zero-order valence-electron chi connectivity index (χ0n) is 64.5. The fraction of sp³-hybridized carbons (Fsp3) is 0.443. The number of aryl methyl sites for hydroxylation is 3.